The van der Waals surface area contributed by atoms with Gasteiger partial charge in [0, 0.05) is 12.4 Å². The summed E-state index contributed by atoms with van der Waals surface area (Å²) in [4.78, 5) is 19.0. The summed E-state index contributed by atoms with van der Waals surface area (Å²) in [5, 5.41) is 2.53. The van der Waals surface area contributed by atoms with Crippen LogP contribution in [0.1, 0.15) is 11.1 Å². The van der Waals surface area contributed by atoms with Gasteiger partial charge in [0.2, 0.25) is 5.95 Å². The molecule has 0 aliphatic carbocycles. The molecule has 0 radical (unpaired) electrons. The van der Waals surface area contributed by atoms with Crippen molar-refractivity contribution in [3.05, 3.63) is 53.9 Å². The van der Waals surface area contributed by atoms with Gasteiger partial charge in [-0.1, -0.05) is 42.2 Å². The van der Waals surface area contributed by atoms with Gasteiger partial charge in [0.15, 0.2) is 0 Å². The van der Waals surface area contributed by atoms with Gasteiger partial charge in [0.1, 0.15) is 6.61 Å². The van der Waals surface area contributed by atoms with Gasteiger partial charge in [0.05, 0.1) is 12.1 Å². The third kappa shape index (κ3) is 5.20. The maximum Gasteiger partial charge on any atom is 0.408 e. The Morgan fingerprint density at radius 3 is 2.67 bits per heavy atom. The zero-order valence-corrected chi connectivity index (χ0v) is 11.2. The zero-order chi connectivity index (χ0) is 14.9. The van der Waals surface area contributed by atoms with Gasteiger partial charge in [0.25, 0.3) is 0 Å². The number of hydrogen-bond acceptors (Lipinski definition) is 5. The van der Waals surface area contributed by atoms with Crippen LogP contribution in [-0.2, 0) is 11.3 Å². The largest absolute Gasteiger partial charge is 0.445 e. The summed E-state index contributed by atoms with van der Waals surface area (Å²) < 4.78 is 5.04. The third-order valence-electron chi connectivity index (χ3n) is 2.44. The minimum Gasteiger partial charge on any atom is -0.445 e. The second kappa shape index (κ2) is 7.50. The first kappa shape index (κ1) is 14.3. The number of rotatable bonds is 3. The molecule has 0 fully saturated rings. The lowest BCUT2D eigenvalue weighted by Gasteiger charge is -2.04. The normalized spacial score (nSPS) is 9.33. The fourth-order valence-corrected chi connectivity index (χ4v) is 1.44. The minimum atomic E-state index is -0.512. The molecule has 0 atom stereocenters. The van der Waals surface area contributed by atoms with Crippen LogP contribution in [0.15, 0.2) is 42.7 Å². The molecular weight excluding hydrogens is 268 g/mol. The molecule has 21 heavy (non-hydrogen) atoms. The van der Waals surface area contributed by atoms with Gasteiger partial charge in [-0.05, 0) is 5.56 Å². The lowest BCUT2D eigenvalue weighted by Crippen LogP contribution is -2.24. The quantitative estimate of drug-likeness (QED) is 0.829. The van der Waals surface area contributed by atoms with Crippen molar-refractivity contribution >= 4 is 12.0 Å². The molecule has 1 amide bonds. The average molecular weight is 282 g/mol. The van der Waals surface area contributed by atoms with E-state index < -0.39 is 6.09 Å². The molecule has 1 aromatic carbocycles. The fourth-order valence-electron chi connectivity index (χ4n) is 1.44. The maximum absolute atomic E-state index is 11.4. The number of ether oxygens (including phenoxy) is 1. The second-order valence-corrected chi connectivity index (χ2v) is 4.05. The third-order valence-corrected chi connectivity index (χ3v) is 2.44. The number of amides is 1. The highest BCUT2D eigenvalue weighted by Crippen LogP contribution is 2.00. The molecule has 0 unspecified atom stereocenters. The van der Waals surface area contributed by atoms with Crippen molar-refractivity contribution in [2.24, 2.45) is 0 Å². The molecule has 6 heteroatoms. The van der Waals surface area contributed by atoms with E-state index in [2.05, 4.69) is 27.1 Å². The number of carbonyl (C=O) groups is 1. The summed E-state index contributed by atoms with van der Waals surface area (Å²) in [6.07, 6.45) is 2.52. The number of benzene rings is 1. The topological polar surface area (TPSA) is 90.1 Å². The van der Waals surface area contributed by atoms with Crippen LogP contribution < -0.4 is 11.1 Å². The Morgan fingerprint density at radius 2 is 1.95 bits per heavy atom. The Hall–Kier alpha value is -3.07. The lowest BCUT2D eigenvalue weighted by atomic mass is 10.2. The molecule has 0 spiro atoms. The van der Waals surface area contributed by atoms with Crippen LogP contribution in [0.2, 0.25) is 0 Å². The van der Waals surface area contributed by atoms with E-state index in [1.807, 2.05) is 30.3 Å². The van der Waals surface area contributed by atoms with Gasteiger partial charge in [-0.3, -0.25) is 0 Å². The number of nitrogens with two attached hydrogens (primary N) is 1. The molecule has 1 aromatic heterocycles. The van der Waals surface area contributed by atoms with Crippen molar-refractivity contribution in [1.29, 1.82) is 0 Å². The van der Waals surface area contributed by atoms with E-state index in [0.717, 1.165) is 5.56 Å². The molecule has 3 N–H and O–H groups in total. The number of nitrogens with zero attached hydrogens (tertiary/aromatic N) is 2. The Morgan fingerprint density at radius 1 is 1.24 bits per heavy atom. The monoisotopic (exact) mass is 282 g/mol. The predicted molar refractivity (Wildman–Crippen MR) is 78.0 cm³/mol. The SMILES string of the molecule is Nc1ncc(C#CCNC(=O)OCc2ccccc2)cn1. The van der Waals surface area contributed by atoms with Crippen LogP contribution in [0.25, 0.3) is 0 Å². The number of nitrogens with one attached hydrogen (secondary N) is 1. The van der Waals surface area contributed by atoms with Crippen LogP contribution in [0.4, 0.5) is 10.7 Å². The molecular formula is C15H14N4O2. The summed E-state index contributed by atoms with van der Waals surface area (Å²) in [6.45, 7) is 0.407. The first-order chi connectivity index (χ1) is 10.2. The smallest absolute Gasteiger partial charge is 0.408 e. The zero-order valence-electron chi connectivity index (χ0n) is 11.2. The summed E-state index contributed by atoms with van der Waals surface area (Å²) in [5.41, 5.74) is 6.92. The molecule has 0 saturated heterocycles. The van der Waals surface area contributed by atoms with Crippen LogP contribution in [0.3, 0.4) is 0 Å². The van der Waals surface area contributed by atoms with Crippen molar-refractivity contribution < 1.29 is 9.53 Å². The van der Waals surface area contributed by atoms with E-state index >= 15 is 0 Å². The van der Waals surface area contributed by atoms with Crippen molar-refractivity contribution in [1.82, 2.24) is 15.3 Å². The highest BCUT2D eigenvalue weighted by molar-refractivity contribution is 5.67. The van der Waals surface area contributed by atoms with Crippen molar-refractivity contribution in [2.45, 2.75) is 6.61 Å². The van der Waals surface area contributed by atoms with Crippen LogP contribution in [0.5, 0.6) is 0 Å². The Balaban J connectivity index is 1.71. The molecule has 0 aliphatic rings. The molecule has 0 aliphatic heterocycles. The Bertz CT molecular complexity index is 645. The number of nitrogen functional groups attached to an aromatic ring is 1. The van der Waals surface area contributed by atoms with Crippen LogP contribution in [-0.4, -0.2) is 22.6 Å². The van der Waals surface area contributed by atoms with Crippen molar-refractivity contribution in [2.75, 3.05) is 12.3 Å². The van der Waals surface area contributed by atoms with E-state index in [1.165, 1.54) is 12.4 Å². The summed E-state index contributed by atoms with van der Waals surface area (Å²) in [6, 6.07) is 9.44. The highest BCUT2D eigenvalue weighted by atomic mass is 16.5. The predicted octanol–water partition coefficient (Wildman–Crippen LogP) is 1.34. The van der Waals surface area contributed by atoms with Gasteiger partial charge >= 0.3 is 6.09 Å². The van der Waals surface area contributed by atoms with Gasteiger partial charge in [-0.15, -0.1) is 0 Å². The van der Waals surface area contributed by atoms with E-state index in [0.29, 0.717) is 5.56 Å². The second-order valence-electron chi connectivity index (χ2n) is 4.05. The number of hydrogen-bond donors (Lipinski definition) is 2. The summed E-state index contributed by atoms with van der Waals surface area (Å²) in [5.74, 6) is 5.77. The Labute approximate surface area is 122 Å². The molecule has 0 bridgehead atoms. The van der Waals surface area contributed by atoms with E-state index in [-0.39, 0.29) is 19.1 Å². The molecule has 106 valence electrons. The number of anilines is 1. The summed E-state index contributed by atoms with van der Waals surface area (Å²) >= 11 is 0. The van der Waals surface area contributed by atoms with E-state index in [9.17, 15) is 4.79 Å². The van der Waals surface area contributed by atoms with Gasteiger partial charge in [-0.2, -0.15) is 0 Å². The van der Waals surface area contributed by atoms with E-state index in [4.69, 9.17) is 10.5 Å². The Kier molecular flexibility index (Phi) is 5.12. The van der Waals surface area contributed by atoms with Crippen molar-refractivity contribution in [3.63, 3.8) is 0 Å². The number of aromatic nitrogens is 2. The molecule has 2 aromatic rings. The standard InChI is InChI=1S/C15H14N4O2/c16-14-18-9-13(10-19-14)7-4-8-17-15(20)21-11-12-5-2-1-3-6-12/h1-3,5-6,9-10H,8,11H2,(H,17,20)(H2,16,18,19). The number of alkyl carbamates (subject to hydrolysis) is 1. The molecule has 2 rings (SSSR count). The minimum absolute atomic E-state index is 0.179. The van der Waals surface area contributed by atoms with Crippen LogP contribution >= 0.6 is 0 Å². The van der Waals surface area contributed by atoms with Gasteiger partial charge < -0.3 is 15.8 Å². The average Bonchev–Trinajstić information content (AvgIpc) is 2.52. The molecule has 6 nitrogen and oxygen atoms in total. The van der Waals surface area contributed by atoms with Crippen LogP contribution in [0, 0.1) is 11.8 Å². The van der Waals surface area contributed by atoms with Crippen molar-refractivity contribution in [3.8, 4) is 11.8 Å². The lowest BCUT2D eigenvalue weighted by molar-refractivity contribution is 0.141. The molecule has 0 saturated carbocycles. The first-order valence-electron chi connectivity index (χ1n) is 6.25. The number of carbonyl (C=O) groups excluding carboxylic acids is 1. The fraction of sp³-hybridized carbons (Fsp3) is 0.133. The maximum atomic E-state index is 11.4. The van der Waals surface area contributed by atoms with E-state index in [1.54, 1.807) is 0 Å². The first-order valence-corrected chi connectivity index (χ1v) is 6.25. The van der Waals surface area contributed by atoms with Gasteiger partial charge in [-0.25, -0.2) is 14.8 Å². The summed E-state index contributed by atoms with van der Waals surface area (Å²) in [7, 11) is 0. The highest BCUT2D eigenvalue weighted by Gasteiger charge is 2.00. The molecule has 1 heterocycles.